The minimum absolute atomic E-state index is 0.105. The Bertz CT molecular complexity index is 898. The first kappa shape index (κ1) is 17.0. The lowest BCUT2D eigenvalue weighted by Crippen LogP contribution is -2.08. The number of benzene rings is 2. The van der Waals surface area contributed by atoms with Crippen molar-refractivity contribution < 1.29 is 14.6 Å². The van der Waals surface area contributed by atoms with E-state index in [0.717, 1.165) is 11.1 Å². The number of aromatic nitrogens is 1. The van der Waals surface area contributed by atoms with Gasteiger partial charge in [0.25, 0.3) is 5.69 Å². The summed E-state index contributed by atoms with van der Waals surface area (Å²) in [5.41, 5.74) is 2.05. The third-order valence-electron chi connectivity index (χ3n) is 3.53. The fourth-order valence-electron chi connectivity index (χ4n) is 2.24. The minimum Gasteiger partial charge on any atom is -0.312 e. The molecule has 7 nitrogen and oxygen atoms in total. The lowest BCUT2D eigenvalue weighted by atomic mass is 10.0. The molecule has 0 fully saturated rings. The van der Waals surface area contributed by atoms with Gasteiger partial charge >= 0.3 is 5.97 Å². The topological polar surface area (TPSA) is 94.7 Å². The van der Waals surface area contributed by atoms with E-state index >= 15 is 0 Å². The molecular weight excluding hydrogens is 334 g/mol. The first-order chi connectivity index (χ1) is 12.6. The van der Waals surface area contributed by atoms with Crippen LogP contribution < -0.4 is 0 Å². The van der Waals surface area contributed by atoms with Crippen LogP contribution in [0.4, 0.5) is 5.69 Å². The van der Waals surface area contributed by atoms with E-state index in [1.54, 1.807) is 24.5 Å². The van der Waals surface area contributed by atoms with Gasteiger partial charge in [0.15, 0.2) is 0 Å². The number of pyridine rings is 1. The van der Waals surface area contributed by atoms with Crippen LogP contribution in [0.3, 0.4) is 0 Å². The lowest BCUT2D eigenvalue weighted by molar-refractivity contribution is -0.384. The predicted molar refractivity (Wildman–Crippen MR) is 94.8 cm³/mol. The molecule has 0 bridgehead atoms. The highest BCUT2D eigenvalue weighted by Crippen LogP contribution is 2.14. The maximum atomic E-state index is 12.2. The molecule has 0 spiro atoms. The summed E-state index contributed by atoms with van der Waals surface area (Å²) in [6.07, 6.45) is 3.23. The van der Waals surface area contributed by atoms with Gasteiger partial charge in [-0.1, -0.05) is 35.5 Å². The maximum Gasteiger partial charge on any atom is 0.365 e. The number of hydrogen-bond donors (Lipinski definition) is 0. The van der Waals surface area contributed by atoms with E-state index in [4.69, 9.17) is 4.84 Å². The Kier molecular flexibility index (Phi) is 5.09. The second kappa shape index (κ2) is 7.80. The van der Waals surface area contributed by atoms with Crippen LogP contribution in [0.5, 0.6) is 0 Å². The number of nitro benzene ring substituents is 1. The molecule has 3 aromatic rings. The van der Waals surface area contributed by atoms with Crippen molar-refractivity contribution >= 4 is 17.4 Å². The van der Waals surface area contributed by atoms with Crippen LogP contribution in [0, 0.1) is 10.1 Å². The molecular formula is C19H13N3O4. The van der Waals surface area contributed by atoms with Crippen LogP contribution >= 0.6 is 0 Å². The SMILES string of the molecule is O=C(ON=C(c1ccccc1)c1ccncc1)c1ccc([N+](=O)[O-])cc1. The van der Waals surface area contributed by atoms with Crippen LogP contribution in [0.1, 0.15) is 21.5 Å². The van der Waals surface area contributed by atoms with Crippen LogP contribution in [0.25, 0.3) is 0 Å². The van der Waals surface area contributed by atoms with Gasteiger partial charge in [-0.15, -0.1) is 0 Å². The Hall–Kier alpha value is -3.87. The number of carbonyl (C=O) groups is 1. The average Bonchev–Trinajstić information content (AvgIpc) is 2.69. The van der Waals surface area contributed by atoms with E-state index in [2.05, 4.69) is 10.1 Å². The number of nitro groups is 1. The summed E-state index contributed by atoms with van der Waals surface area (Å²) < 4.78 is 0. The van der Waals surface area contributed by atoms with Gasteiger partial charge in [0.1, 0.15) is 5.71 Å². The molecule has 0 aliphatic carbocycles. The molecule has 0 atom stereocenters. The second-order valence-corrected chi connectivity index (χ2v) is 5.22. The summed E-state index contributed by atoms with van der Waals surface area (Å²) in [7, 11) is 0. The van der Waals surface area contributed by atoms with Crippen LogP contribution in [0.2, 0.25) is 0 Å². The van der Waals surface area contributed by atoms with Crippen molar-refractivity contribution in [1.82, 2.24) is 4.98 Å². The first-order valence-electron chi connectivity index (χ1n) is 7.65. The summed E-state index contributed by atoms with van der Waals surface area (Å²) in [6.45, 7) is 0. The fourth-order valence-corrected chi connectivity index (χ4v) is 2.24. The molecule has 0 aliphatic heterocycles. The number of non-ortho nitro benzene ring substituents is 1. The second-order valence-electron chi connectivity index (χ2n) is 5.22. The normalized spacial score (nSPS) is 11.0. The molecule has 0 amide bonds. The molecule has 0 N–H and O–H groups in total. The molecule has 0 aliphatic rings. The highest BCUT2D eigenvalue weighted by Gasteiger charge is 2.13. The molecule has 3 rings (SSSR count). The van der Waals surface area contributed by atoms with E-state index < -0.39 is 10.9 Å². The van der Waals surface area contributed by atoms with Gasteiger partial charge in [0, 0.05) is 35.7 Å². The smallest absolute Gasteiger partial charge is 0.312 e. The number of rotatable bonds is 5. The van der Waals surface area contributed by atoms with Crippen molar-refractivity contribution in [2.45, 2.75) is 0 Å². The largest absolute Gasteiger partial charge is 0.365 e. The molecule has 2 aromatic carbocycles. The van der Waals surface area contributed by atoms with Crippen LogP contribution in [-0.2, 0) is 4.84 Å². The molecule has 128 valence electrons. The molecule has 1 heterocycles. The average molecular weight is 347 g/mol. The van der Waals surface area contributed by atoms with E-state index in [9.17, 15) is 14.9 Å². The third-order valence-corrected chi connectivity index (χ3v) is 3.53. The quantitative estimate of drug-likeness (QED) is 0.304. The van der Waals surface area contributed by atoms with E-state index in [0.29, 0.717) is 5.71 Å². The Balaban J connectivity index is 1.86. The van der Waals surface area contributed by atoms with Crippen LogP contribution in [-0.4, -0.2) is 21.6 Å². The molecule has 0 unspecified atom stereocenters. The van der Waals surface area contributed by atoms with Gasteiger partial charge in [-0.05, 0) is 24.3 Å². The maximum absolute atomic E-state index is 12.2. The summed E-state index contributed by atoms with van der Waals surface area (Å²) in [4.78, 5) is 31.3. The molecule has 0 saturated carbocycles. The molecule has 0 saturated heterocycles. The van der Waals surface area contributed by atoms with Crippen LogP contribution in [0.15, 0.2) is 84.3 Å². The van der Waals surface area contributed by atoms with Crippen molar-refractivity contribution in [1.29, 1.82) is 0 Å². The van der Waals surface area contributed by atoms with Crippen molar-refractivity contribution in [3.63, 3.8) is 0 Å². The lowest BCUT2D eigenvalue weighted by Gasteiger charge is -2.06. The van der Waals surface area contributed by atoms with Gasteiger partial charge in [-0.25, -0.2) is 4.79 Å². The van der Waals surface area contributed by atoms with Crippen molar-refractivity contribution in [2.75, 3.05) is 0 Å². The van der Waals surface area contributed by atoms with Gasteiger partial charge in [-0.3, -0.25) is 15.1 Å². The third kappa shape index (κ3) is 3.96. The predicted octanol–water partition coefficient (Wildman–Crippen LogP) is 3.60. The van der Waals surface area contributed by atoms with E-state index in [-0.39, 0.29) is 11.3 Å². The monoisotopic (exact) mass is 347 g/mol. The Morgan fingerprint density at radius 1 is 0.885 bits per heavy atom. The fraction of sp³-hybridized carbons (Fsp3) is 0. The number of oxime groups is 1. The molecule has 7 heteroatoms. The van der Waals surface area contributed by atoms with Crippen molar-refractivity contribution in [3.8, 4) is 0 Å². The van der Waals surface area contributed by atoms with Gasteiger partial charge < -0.3 is 4.84 Å². The minimum atomic E-state index is -0.706. The first-order valence-corrected chi connectivity index (χ1v) is 7.65. The van der Waals surface area contributed by atoms with Gasteiger partial charge in [-0.2, -0.15) is 0 Å². The zero-order valence-corrected chi connectivity index (χ0v) is 13.5. The number of nitrogens with zero attached hydrogens (tertiary/aromatic N) is 3. The molecule has 1 aromatic heterocycles. The van der Waals surface area contributed by atoms with E-state index in [1.807, 2.05) is 30.3 Å². The zero-order valence-electron chi connectivity index (χ0n) is 13.5. The zero-order chi connectivity index (χ0) is 18.4. The van der Waals surface area contributed by atoms with Gasteiger partial charge in [0.05, 0.1) is 10.5 Å². The summed E-state index contributed by atoms with van der Waals surface area (Å²) in [6, 6.07) is 17.9. The molecule has 0 radical (unpaired) electrons. The van der Waals surface area contributed by atoms with E-state index in [1.165, 1.54) is 24.3 Å². The summed E-state index contributed by atoms with van der Waals surface area (Å²) in [5, 5.41) is 14.7. The molecule has 26 heavy (non-hydrogen) atoms. The van der Waals surface area contributed by atoms with Crippen molar-refractivity contribution in [3.05, 3.63) is 106 Å². The highest BCUT2D eigenvalue weighted by molar-refractivity contribution is 6.12. The summed E-state index contributed by atoms with van der Waals surface area (Å²) >= 11 is 0. The number of hydrogen-bond acceptors (Lipinski definition) is 6. The number of carbonyl (C=O) groups excluding carboxylic acids is 1. The van der Waals surface area contributed by atoms with Gasteiger partial charge in [0.2, 0.25) is 0 Å². The Labute approximate surface area is 148 Å². The standard InChI is InChI=1S/C19H13N3O4/c23-19(16-6-8-17(9-7-16)22(24)25)26-21-18(14-4-2-1-3-5-14)15-10-12-20-13-11-15/h1-13H. The highest BCUT2D eigenvalue weighted by atomic mass is 16.7. The Morgan fingerprint density at radius 2 is 1.50 bits per heavy atom. The van der Waals surface area contributed by atoms with Crippen molar-refractivity contribution in [2.24, 2.45) is 5.16 Å². The summed E-state index contributed by atoms with van der Waals surface area (Å²) in [5.74, 6) is -0.706. The Morgan fingerprint density at radius 3 is 2.12 bits per heavy atom.